The summed E-state index contributed by atoms with van der Waals surface area (Å²) in [6.45, 7) is 2.01. The van der Waals surface area contributed by atoms with Gasteiger partial charge in [0.25, 0.3) is 5.91 Å². The van der Waals surface area contributed by atoms with Crippen LogP contribution in [-0.2, 0) is 6.42 Å². The van der Waals surface area contributed by atoms with Gasteiger partial charge in [0.05, 0.1) is 11.0 Å². The lowest BCUT2D eigenvalue weighted by Crippen LogP contribution is -2.38. The summed E-state index contributed by atoms with van der Waals surface area (Å²) in [5.74, 6) is -0.169. The fraction of sp³-hybridized carbons (Fsp3) is 0.160. The summed E-state index contributed by atoms with van der Waals surface area (Å²) in [4.78, 5) is 21.7. The minimum Gasteiger partial charge on any atom is -0.348 e. The molecule has 6 heteroatoms. The van der Waals surface area contributed by atoms with Gasteiger partial charge < -0.3 is 5.32 Å². The third-order valence-electron chi connectivity index (χ3n) is 5.32. The Morgan fingerprint density at radius 3 is 2.29 bits per heavy atom. The minimum absolute atomic E-state index is 0.0458. The molecule has 2 aromatic carbocycles. The number of aromatic nitrogens is 2. The van der Waals surface area contributed by atoms with E-state index in [9.17, 15) is 4.79 Å². The van der Waals surface area contributed by atoms with E-state index < -0.39 is 0 Å². The van der Waals surface area contributed by atoms with Crippen LogP contribution in [0.1, 0.15) is 34.5 Å². The number of benzene rings is 2. The molecule has 0 unspecified atom stereocenters. The molecule has 0 saturated carbocycles. The van der Waals surface area contributed by atoms with Crippen molar-refractivity contribution in [1.29, 1.82) is 0 Å². The molecule has 0 radical (unpaired) electrons. The van der Waals surface area contributed by atoms with Crippen LogP contribution in [0.5, 0.6) is 0 Å². The van der Waals surface area contributed by atoms with Crippen LogP contribution >= 0.6 is 23.2 Å². The molecule has 2 aromatic heterocycles. The second kappa shape index (κ2) is 9.46. The number of nitrogens with zero attached hydrogens (tertiary/aromatic N) is 2. The standard InChI is InChI=1S/C25H21Cl2N3O/c1-16(29-25(31)24-13-12-22-23(30-24)3-2-14-28-22)21(18-6-10-20(27)11-7-18)15-17-4-8-19(26)9-5-17/h2-14,16,21H,15H2,1H3,(H,29,31)/t16-,21+/m1/s1. The molecule has 4 aromatic rings. The van der Waals surface area contributed by atoms with E-state index in [0.717, 1.165) is 23.1 Å². The van der Waals surface area contributed by atoms with Gasteiger partial charge in [-0.1, -0.05) is 47.5 Å². The van der Waals surface area contributed by atoms with Gasteiger partial charge in [0.15, 0.2) is 0 Å². The molecule has 0 fully saturated rings. The van der Waals surface area contributed by atoms with Crippen molar-refractivity contribution in [1.82, 2.24) is 15.3 Å². The fourth-order valence-electron chi connectivity index (χ4n) is 3.63. The first-order chi connectivity index (χ1) is 15.0. The molecule has 2 atom stereocenters. The normalized spacial score (nSPS) is 13.0. The minimum atomic E-state index is -0.215. The number of hydrogen-bond acceptors (Lipinski definition) is 3. The number of hydrogen-bond donors (Lipinski definition) is 1. The number of halogens is 2. The quantitative estimate of drug-likeness (QED) is 0.387. The van der Waals surface area contributed by atoms with Gasteiger partial charge in [-0.15, -0.1) is 0 Å². The third kappa shape index (κ3) is 5.22. The zero-order valence-corrected chi connectivity index (χ0v) is 18.4. The van der Waals surface area contributed by atoms with E-state index in [1.165, 1.54) is 0 Å². The van der Waals surface area contributed by atoms with Crippen molar-refractivity contribution >= 4 is 40.1 Å². The predicted molar refractivity (Wildman–Crippen MR) is 126 cm³/mol. The van der Waals surface area contributed by atoms with E-state index in [-0.39, 0.29) is 17.9 Å². The molecule has 0 spiro atoms. The van der Waals surface area contributed by atoms with Gasteiger partial charge in [0.2, 0.25) is 0 Å². The van der Waals surface area contributed by atoms with Crippen molar-refractivity contribution in [3.05, 3.63) is 106 Å². The van der Waals surface area contributed by atoms with Crippen LogP contribution in [-0.4, -0.2) is 21.9 Å². The lowest BCUT2D eigenvalue weighted by molar-refractivity contribution is 0.0929. The number of nitrogens with one attached hydrogen (secondary N) is 1. The van der Waals surface area contributed by atoms with Crippen molar-refractivity contribution in [2.45, 2.75) is 25.3 Å². The second-order valence-electron chi connectivity index (χ2n) is 7.49. The van der Waals surface area contributed by atoms with Crippen LogP contribution in [0, 0.1) is 0 Å². The molecular formula is C25H21Cl2N3O. The van der Waals surface area contributed by atoms with E-state index in [1.54, 1.807) is 12.3 Å². The molecular weight excluding hydrogens is 429 g/mol. The van der Waals surface area contributed by atoms with Crippen LogP contribution in [0.2, 0.25) is 10.0 Å². The lowest BCUT2D eigenvalue weighted by Gasteiger charge is -2.26. The molecule has 156 valence electrons. The first kappa shape index (κ1) is 21.3. The molecule has 4 rings (SSSR count). The van der Waals surface area contributed by atoms with Crippen molar-refractivity contribution in [2.24, 2.45) is 0 Å². The Morgan fingerprint density at radius 2 is 1.58 bits per heavy atom. The maximum atomic E-state index is 13.0. The number of rotatable bonds is 6. The van der Waals surface area contributed by atoms with Gasteiger partial charge in [-0.25, -0.2) is 4.98 Å². The molecule has 31 heavy (non-hydrogen) atoms. The fourth-order valence-corrected chi connectivity index (χ4v) is 3.88. The molecule has 4 nitrogen and oxygen atoms in total. The highest BCUT2D eigenvalue weighted by Crippen LogP contribution is 2.27. The van der Waals surface area contributed by atoms with Gasteiger partial charge in [-0.05, 0) is 73.0 Å². The Hall–Kier alpha value is -2.95. The Balaban J connectivity index is 1.57. The lowest BCUT2D eigenvalue weighted by atomic mass is 9.86. The van der Waals surface area contributed by atoms with Crippen LogP contribution in [0.15, 0.2) is 79.0 Å². The smallest absolute Gasteiger partial charge is 0.270 e. The summed E-state index contributed by atoms with van der Waals surface area (Å²) in [6.07, 6.45) is 2.45. The van der Waals surface area contributed by atoms with Crippen molar-refractivity contribution in [3.8, 4) is 0 Å². The molecule has 0 bridgehead atoms. The average molecular weight is 450 g/mol. The Labute approximate surface area is 191 Å². The highest BCUT2D eigenvalue weighted by atomic mass is 35.5. The van der Waals surface area contributed by atoms with Gasteiger partial charge in [-0.2, -0.15) is 0 Å². The van der Waals surface area contributed by atoms with Crippen molar-refractivity contribution in [2.75, 3.05) is 0 Å². The van der Waals surface area contributed by atoms with Crippen LogP contribution in [0.3, 0.4) is 0 Å². The van der Waals surface area contributed by atoms with Gasteiger partial charge in [-0.3, -0.25) is 9.78 Å². The molecule has 0 aliphatic heterocycles. The summed E-state index contributed by atoms with van der Waals surface area (Å²) in [6, 6.07) is 22.6. The zero-order chi connectivity index (χ0) is 21.8. The van der Waals surface area contributed by atoms with E-state index >= 15 is 0 Å². The molecule has 1 N–H and O–H groups in total. The molecule has 0 aliphatic rings. The van der Waals surface area contributed by atoms with Gasteiger partial charge in [0.1, 0.15) is 5.69 Å². The number of carbonyl (C=O) groups is 1. The highest BCUT2D eigenvalue weighted by Gasteiger charge is 2.23. The molecule has 0 aliphatic carbocycles. The Bertz CT molecular complexity index is 1190. The molecule has 2 heterocycles. The zero-order valence-electron chi connectivity index (χ0n) is 16.9. The van der Waals surface area contributed by atoms with Crippen LogP contribution < -0.4 is 5.32 Å². The maximum absolute atomic E-state index is 13.0. The first-order valence-corrected chi connectivity index (χ1v) is 10.8. The van der Waals surface area contributed by atoms with Crippen molar-refractivity contribution < 1.29 is 4.79 Å². The van der Waals surface area contributed by atoms with Crippen LogP contribution in [0.4, 0.5) is 0 Å². The monoisotopic (exact) mass is 449 g/mol. The summed E-state index contributed by atoms with van der Waals surface area (Å²) >= 11 is 12.1. The second-order valence-corrected chi connectivity index (χ2v) is 8.36. The summed E-state index contributed by atoms with van der Waals surface area (Å²) < 4.78 is 0. The van der Waals surface area contributed by atoms with Gasteiger partial charge in [0, 0.05) is 28.2 Å². The predicted octanol–water partition coefficient (Wildman–Crippen LogP) is 6.08. The largest absolute Gasteiger partial charge is 0.348 e. The molecule has 0 saturated heterocycles. The highest BCUT2D eigenvalue weighted by molar-refractivity contribution is 6.30. The third-order valence-corrected chi connectivity index (χ3v) is 5.82. The summed E-state index contributed by atoms with van der Waals surface area (Å²) in [5.41, 5.74) is 4.06. The number of carbonyl (C=O) groups excluding carboxylic acids is 1. The summed E-state index contributed by atoms with van der Waals surface area (Å²) in [5, 5.41) is 4.50. The van der Waals surface area contributed by atoms with E-state index in [2.05, 4.69) is 15.3 Å². The number of fused-ring (bicyclic) bond motifs is 1. The van der Waals surface area contributed by atoms with E-state index in [0.29, 0.717) is 21.3 Å². The topological polar surface area (TPSA) is 54.9 Å². The first-order valence-electron chi connectivity index (χ1n) is 10.0. The Morgan fingerprint density at radius 1 is 0.903 bits per heavy atom. The van der Waals surface area contributed by atoms with E-state index in [4.69, 9.17) is 23.2 Å². The van der Waals surface area contributed by atoms with Gasteiger partial charge >= 0.3 is 0 Å². The SMILES string of the molecule is C[C@@H](NC(=O)c1ccc2ncccc2n1)[C@H](Cc1ccc(Cl)cc1)c1ccc(Cl)cc1. The number of pyridine rings is 2. The number of amides is 1. The maximum Gasteiger partial charge on any atom is 0.270 e. The van der Waals surface area contributed by atoms with Crippen molar-refractivity contribution in [3.63, 3.8) is 0 Å². The summed E-state index contributed by atoms with van der Waals surface area (Å²) in [7, 11) is 0. The van der Waals surface area contributed by atoms with Crippen LogP contribution in [0.25, 0.3) is 11.0 Å². The Kier molecular flexibility index (Phi) is 6.50. The average Bonchev–Trinajstić information content (AvgIpc) is 2.79. The molecule has 1 amide bonds. The van der Waals surface area contributed by atoms with E-state index in [1.807, 2.05) is 73.7 Å².